The summed E-state index contributed by atoms with van der Waals surface area (Å²) in [5.41, 5.74) is 6.07. The Kier molecular flexibility index (Phi) is 7.19. The number of rotatable bonds is 7. The second-order valence-corrected chi connectivity index (χ2v) is 9.52. The summed E-state index contributed by atoms with van der Waals surface area (Å²) in [5, 5.41) is 13.8. The van der Waals surface area contributed by atoms with E-state index < -0.39 is 6.04 Å². The zero-order valence-electron chi connectivity index (χ0n) is 22.4. The molecule has 1 atom stereocenters. The molecule has 0 bridgehead atoms. The normalized spacial score (nSPS) is 14.3. The number of nitrogens with one attached hydrogen (secondary N) is 3. The maximum Gasteiger partial charge on any atom is 0.261 e. The van der Waals surface area contributed by atoms with Crippen LogP contribution in [-0.4, -0.2) is 28.7 Å². The maximum atomic E-state index is 13.7. The van der Waals surface area contributed by atoms with Crippen LogP contribution in [0.4, 0.5) is 17.2 Å². The third-order valence-electron chi connectivity index (χ3n) is 6.87. The number of hydrogen-bond donors (Lipinski definition) is 3. The van der Waals surface area contributed by atoms with E-state index in [-0.39, 0.29) is 11.8 Å². The number of ether oxygens (including phenoxy) is 1. The van der Waals surface area contributed by atoms with Crippen LogP contribution in [0.5, 0.6) is 5.75 Å². The number of benzene rings is 3. The highest BCUT2D eigenvalue weighted by Crippen LogP contribution is 2.38. The Hall–Kier alpha value is -4.85. The number of nitrogens with zero attached hydrogens (tertiary/aromatic N) is 2. The molecule has 0 aliphatic carbocycles. The second kappa shape index (κ2) is 10.9. The number of aryl methyl sites for hydroxylation is 2. The van der Waals surface area contributed by atoms with Crippen molar-refractivity contribution in [3.8, 4) is 5.75 Å². The molecule has 39 heavy (non-hydrogen) atoms. The van der Waals surface area contributed by atoms with E-state index in [1.165, 1.54) is 11.8 Å². The van der Waals surface area contributed by atoms with Crippen LogP contribution in [0.3, 0.4) is 0 Å². The van der Waals surface area contributed by atoms with Crippen LogP contribution >= 0.6 is 0 Å². The molecule has 3 aromatic carbocycles. The van der Waals surface area contributed by atoms with Gasteiger partial charge in [0, 0.05) is 17.1 Å². The lowest BCUT2D eigenvalue weighted by Crippen LogP contribution is -2.32. The standard InChI is InChI=1S/C31H31N5O3/c1-5-21-8-10-22(11-9-21)28-27(31(38)35-24-14-16-25(39-4)17-15-24)20(3)33-29-26(18-32-36(28)29)30(37)34-23-12-6-19(2)7-13-23/h6-18,28,33H,5H2,1-4H3,(H,34,37)(H,35,38)/t28-/m1/s1. The Labute approximate surface area is 227 Å². The predicted octanol–water partition coefficient (Wildman–Crippen LogP) is 5.94. The van der Waals surface area contributed by atoms with Crippen molar-refractivity contribution >= 4 is 29.0 Å². The summed E-state index contributed by atoms with van der Waals surface area (Å²) in [6.45, 7) is 5.94. The maximum absolute atomic E-state index is 13.7. The highest BCUT2D eigenvalue weighted by Gasteiger charge is 2.35. The van der Waals surface area contributed by atoms with E-state index in [9.17, 15) is 9.59 Å². The van der Waals surface area contributed by atoms with Gasteiger partial charge < -0.3 is 20.7 Å². The quantitative estimate of drug-likeness (QED) is 0.280. The van der Waals surface area contributed by atoms with Crippen molar-refractivity contribution in [2.24, 2.45) is 0 Å². The minimum atomic E-state index is -0.536. The molecule has 0 saturated heterocycles. The molecule has 2 heterocycles. The van der Waals surface area contributed by atoms with Crippen LogP contribution in [0.15, 0.2) is 90.3 Å². The summed E-state index contributed by atoms with van der Waals surface area (Å²) in [7, 11) is 1.60. The van der Waals surface area contributed by atoms with Crippen molar-refractivity contribution in [1.29, 1.82) is 0 Å². The lowest BCUT2D eigenvalue weighted by molar-refractivity contribution is -0.113. The van der Waals surface area contributed by atoms with Gasteiger partial charge in [0.1, 0.15) is 23.2 Å². The highest BCUT2D eigenvalue weighted by atomic mass is 16.5. The molecule has 4 aromatic rings. The number of methoxy groups -OCH3 is 1. The van der Waals surface area contributed by atoms with E-state index in [0.29, 0.717) is 39.8 Å². The summed E-state index contributed by atoms with van der Waals surface area (Å²) < 4.78 is 6.94. The minimum absolute atomic E-state index is 0.262. The van der Waals surface area contributed by atoms with E-state index in [1.54, 1.807) is 36.1 Å². The highest BCUT2D eigenvalue weighted by molar-refractivity contribution is 6.09. The number of carbonyl (C=O) groups is 2. The minimum Gasteiger partial charge on any atom is -0.497 e. The summed E-state index contributed by atoms with van der Waals surface area (Å²) >= 11 is 0. The Morgan fingerprint density at radius 2 is 1.51 bits per heavy atom. The number of amides is 2. The third kappa shape index (κ3) is 5.27. The van der Waals surface area contributed by atoms with Crippen LogP contribution in [0.2, 0.25) is 0 Å². The lowest BCUT2D eigenvalue weighted by atomic mass is 9.93. The summed E-state index contributed by atoms with van der Waals surface area (Å²) in [6, 6.07) is 22.4. The van der Waals surface area contributed by atoms with Gasteiger partial charge >= 0.3 is 0 Å². The van der Waals surface area contributed by atoms with E-state index in [0.717, 1.165) is 17.5 Å². The van der Waals surface area contributed by atoms with Gasteiger partial charge in [0.05, 0.1) is 18.9 Å². The smallest absolute Gasteiger partial charge is 0.261 e. The number of allylic oxidation sites excluding steroid dienone is 1. The first-order valence-electron chi connectivity index (χ1n) is 12.9. The molecule has 0 unspecified atom stereocenters. The predicted molar refractivity (Wildman–Crippen MR) is 153 cm³/mol. The molecule has 0 radical (unpaired) electrons. The molecule has 2 amide bonds. The lowest BCUT2D eigenvalue weighted by Gasteiger charge is -2.30. The van der Waals surface area contributed by atoms with Crippen LogP contribution in [-0.2, 0) is 11.2 Å². The van der Waals surface area contributed by atoms with Crippen LogP contribution in [0.25, 0.3) is 0 Å². The molecular formula is C31H31N5O3. The van der Waals surface area contributed by atoms with Gasteiger partial charge in [-0.1, -0.05) is 48.9 Å². The molecule has 3 N–H and O–H groups in total. The van der Waals surface area contributed by atoms with Crippen molar-refractivity contribution in [2.75, 3.05) is 23.1 Å². The fourth-order valence-electron chi connectivity index (χ4n) is 4.67. The van der Waals surface area contributed by atoms with Gasteiger partial charge in [-0.15, -0.1) is 0 Å². The van der Waals surface area contributed by atoms with Crippen LogP contribution in [0.1, 0.15) is 46.9 Å². The molecule has 5 rings (SSSR count). The average molecular weight is 522 g/mol. The molecule has 198 valence electrons. The van der Waals surface area contributed by atoms with Crippen molar-refractivity contribution < 1.29 is 14.3 Å². The molecule has 1 aliphatic heterocycles. The van der Waals surface area contributed by atoms with Gasteiger partial charge in [-0.3, -0.25) is 9.59 Å². The van der Waals surface area contributed by atoms with E-state index in [1.807, 2.05) is 50.2 Å². The first-order chi connectivity index (χ1) is 18.9. The molecule has 0 saturated carbocycles. The van der Waals surface area contributed by atoms with Crippen LogP contribution in [0, 0.1) is 6.92 Å². The largest absolute Gasteiger partial charge is 0.497 e. The zero-order valence-corrected chi connectivity index (χ0v) is 22.4. The van der Waals surface area contributed by atoms with Gasteiger partial charge in [-0.2, -0.15) is 5.10 Å². The number of fused-ring (bicyclic) bond motifs is 1. The van der Waals surface area contributed by atoms with Gasteiger partial charge in [0.15, 0.2) is 0 Å². The number of aromatic nitrogens is 2. The second-order valence-electron chi connectivity index (χ2n) is 9.52. The summed E-state index contributed by atoms with van der Waals surface area (Å²) in [6.07, 6.45) is 2.44. The van der Waals surface area contributed by atoms with E-state index in [4.69, 9.17) is 4.74 Å². The van der Waals surface area contributed by atoms with Crippen LogP contribution < -0.4 is 20.7 Å². The average Bonchev–Trinajstić information content (AvgIpc) is 3.37. The molecule has 0 spiro atoms. The van der Waals surface area contributed by atoms with Crippen molar-refractivity contribution in [1.82, 2.24) is 9.78 Å². The molecule has 1 aromatic heterocycles. The monoisotopic (exact) mass is 521 g/mol. The number of anilines is 3. The van der Waals surface area contributed by atoms with Gasteiger partial charge in [0.25, 0.3) is 11.8 Å². The Morgan fingerprint density at radius 1 is 0.897 bits per heavy atom. The summed E-state index contributed by atoms with van der Waals surface area (Å²) in [5.74, 6) is 0.685. The van der Waals surface area contributed by atoms with Gasteiger partial charge in [0.2, 0.25) is 0 Å². The number of hydrogen-bond acceptors (Lipinski definition) is 5. The van der Waals surface area contributed by atoms with Gasteiger partial charge in [-0.25, -0.2) is 4.68 Å². The molecule has 0 fully saturated rings. The van der Waals surface area contributed by atoms with E-state index >= 15 is 0 Å². The SMILES string of the molecule is CCc1ccc([C@@H]2C(C(=O)Nc3ccc(OC)cc3)=C(C)Nc3c(C(=O)Nc4ccc(C)cc4)cnn32)cc1. The first-order valence-corrected chi connectivity index (χ1v) is 12.9. The molecule has 8 nitrogen and oxygen atoms in total. The zero-order chi connectivity index (χ0) is 27.5. The Morgan fingerprint density at radius 3 is 2.13 bits per heavy atom. The molecule has 8 heteroatoms. The molecular weight excluding hydrogens is 490 g/mol. The Balaban J connectivity index is 1.51. The first kappa shape index (κ1) is 25.8. The third-order valence-corrected chi connectivity index (χ3v) is 6.87. The fourth-order valence-corrected chi connectivity index (χ4v) is 4.67. The van der Waals surface area contributed by atoms with Gasteiger partial charge in [-0.05, 0) is 67.8 Å². The topological polar surface area (TPSA) is 97.3 Å². The number of carbonyl (C=O) groups excluding carboxylic acids is 2. The molecule has 1 aliphatic rings. The van der Waals surface area contributed by atoms with E-state index in [2.05, 4.69) is 40.1 Å². The van der Waals surface area contributed by atoms with Crippen molar-refractivity contribution in [3.05, 3.63) is 113 Å². The summed E-state index contributed by atoms with van der Waals surface area (Å²) in [4.78, 5) is 27.0. The Bertz CT molecular complexity index is 1530. The fraction of sp³-hybridized carbons (Fsp3) is 0.194. The van der Waals surface area contributed by atoms with Crippen molar-refractivity contribution in [3.63, 3.8) is 0 Å². The van der Waals surface area contributed by atoms with Crippen molar-refractivity contribution in [2.45, 2.75) is 33.2 Å².